The van der Waals surface area contributed by atoms with Gasteiger partial charge < -0.3 is 5.32 Å². The Hall–Kier alpha value is -1.94. The van der Waals surface area contributed by atoms with Crippen LogP contribution in [0.4, 0.5) is 0 Å². The second kappa shape index (κ2) is 4.63. The van der Waals surface area contributed by atoms with Crippen molar-refractivity contribution < 1.29 is 4.79 Å². The number of Topliss-reactive ketones (excluding diaryl/α,β-unsaturated/α-hetero) is 1. The molecule has 1 aromatic heterocycles. The van der Waals surface area contributed by atoms with Crippen LogP contribution in [0.1, 0.15) is 23.8 Å². The third-order valence-corrected chi connectivity index (χ3v) is 3.79. The first kappa shape index (κ1) is 12.1. The Morgan fingerprint density at radius 2 is 2.11 bits per heavy atom. The number of aromatic nitrogens is 2. The summed E-state index contributed by atoms with van der Waals surface area (Å²) in [6.07, 6.45) is 2.57. The van der Waals surface area contributed by atoms with Gasteiger partial charge in [-0.15, -0.1) is 0 Å². The van der Waals surface area contributed by atoms with Crippen LogP contribution in [-0.2, 0) is 0 Å². The molecule has 2 aromatic rings. The molecule has 1 unspecified atom stereocenters. The number of carbonyl (C=O) groups excluding carboxylic acids is 1. The number of para-hydroxylation sites is 1. The number of hydrogen-bond donors (Lipinski definition) is 1. The molecule has 0 amide bonds. The van der Waals surface area contributed by atoms with Gasteiger partial charge in [-0.2, -0.15) is 5.10 Å². The highest BCUT2D eigenvalue weighted by molar-refractivity contribution is 5.99. The van der Waals surface area contributed by atoms with E-state index in [-0.39, 0.29) is 11.2 Å². The van der Waals surface area contributed by atoms with E-state index in [0.29, 0.717) is 5.69 Å². The summed E-state index contributed by atoms with van der Waals surface area (Å²) in [6.45, 7) is 3.67. The summed E-state index contributed by atoms with van der Waals surface area (Å²) < 4.78 is 1.73. The van der Waals surface area contributed by atoms with Crippen molar-refractivity contribution in [2.24, 2.45) is 5.41 Å². The second-order valence-electron chi connectivity index (χ2n) is 5.28. The van der Waals surface area contributed by atoms with Gasteiger partial charge in [-0.05, 0) is 31.2 Å². The van der Waals surface area contributed by atoms with Crippen LogP contribution in [0.3, 0.4) is 0 Å². The third-order valence-electron chi connectivity index (χ3n) is 3.79. The fourth-order valence-electron chi connectivity index (χ4n) is 2.57. The normalized spacial score (nSPS) is 22.6. The molecule has 2 heterocycles. The van der Waals surface area contributed by atoms with E-state index in [0.717, 1.165) is 25.2 Å². The van der Waals surface area contributed by atoms with Crippen LogP contribution in [0.2, 0.25) is 0 Å². The number of hydrogen-bond acceptors (Lipinski definition) is 3. The monoisotopic (exact) mass is 255 g/mol. The summed E-state index contributed by atoms with van der Waals surface area (Å²) in [5.74, 6) is 0.166. The van der Waals surface area contributed by atoms with E-state index in [4.69, 9.17) is 0 Å². The first-order chi connectivity index (χ1) is 9.21. The van der Waals surface area contributed by atoms with Crippen LogP contribution >= 0.6 is 0 Å². The molecule has 1 N–H and O–H groups in total. The maximum absolute atomic E-state index is 12.7. The molecule has 0 bridgehead atoms. The highest BCUT2D eigenvalue weighted by Gasteiger charge is 2.38. The lowest BCUT2D eigenvalue weighted by atomic mass is 9.83. The molecule has 0 saturated carbocycles. The van der Waals surface area contributed by atoms with Crippen molar-refractivity contribution in [1.82, 2.24) is 15.1 Å². The van der Waals surface area contributed by atoms with Gasteiger partial charge in [0.15, 0.2) is 5.78 Å². The van der Waals surface area contributed by atoms with E-state index >= 15 is 0 Å². The van der Waals surface area contributed by atoms with Crippen molar-refractivity contribution >= 4 is 5.78 Å². The summed E-state index contributed by atoms with van der Waals surface area (Å²) in [5.41, 5.74) is 1.27. The van der Waals surface area contributed by atoms with Gasteiger partial charge in [0.25, 0.3) is 0 Å². The van der Waals surface area contributed by atoms with Crippen LogP contribution in [0.5, 0.6) is 0 Å². The summed E-state index contributed by atoms with van der Waals surface area (Å²) >= 11 is 0. The standard InChI is InChI=1S/C15H17N3O/c1-15(8-10-16-11-15)14(19)13-7-9-17-18(13)12-5-3-2-4-6-12/h2-7,9,16H,8,10-11H2,1H3. The molecule has 1 aromatic carbocycles. The van der Waals surface area contributed by atoms with Gasteiger partial charge in [0, 0.05) is 12.0 Å². The smallest absolute Gasteiger partial charge is 0.188 e. The van der Waals surface area contributed by atoms with Crippen molar-refractivity contribution in [3.63, 3.8) is 0 Å². The van der Waals surface area contributed by atoms with Gasteiger partial charge in [0.05, 0.1) is 11.9 Å². The molecule has 19 heavy (non-hydrogen) atoms. The van der Waals surface area contributed by atoms with E-state index in [9.17, 15) is 4.79 Å². The molecule has 1 aliphatic heterocycles. The zero-order valence-electron chi connectivity index (χ0n) is 11.0. The van der Waals surface area contributed by atoms with Crippen molar-refractivity contribution in [2.45, 2.75) is 13.3 Å². The predicted molar refractivity (Wildman–Crippen MR) is 73.5 cm³/mol. The average molecular weight is 255 g/mol. The molecule has 1 aliphatic rings. The first-order valence-corrected chi connectivity index (χ1v) is 6.56. The molecule has 1 atom stereocenters. The van der Waals surface area contributed by atoms with E-state index in [1.807, 2.05) is 37.3 Å². The number of benzene rings is 1. The van der Waals surface area contributed by atoms with Gasteiger partial charge in [-0.25, -0.2) is 4.68 Å². The quantitative estimate of drug-likeness (QED) is 0.854. The predicted octanol–water partition coefficient (Wildman–Crippen LogP) is 2.05. The summed E-state index contributed by atoms with van der Waals surface area (Å²) in [6, 6.07) is 11.6. The Balaban J connectivity index is 1.99. The Bertz CT molecular complexity index is 582. The van der Waals surface area contributed by atoms with Gasteiger partial charge in [0.2, 0.25) is 0 Å². The fraction of sp³-hybridized carbons (Fsp3) is 0.333. The lowest BCUT2D eigenvalue weighted by Gasteiger charge is -2.21. The molecule has 1 fully saturated rings. The Morgan fingerprint density at radius 3 is 2.79 bits per heavy atom. The third kappa shape index (κ3) is 2.08. The van der Waals surface area contributed by atoms with Crippen molar-refractivity contribution in [1.29, 1.82) is 0 Å². The molecule has 1 saturated heterocycles. The van der Waals surface area contributed by atoms with E-state index in [1.165, 1.54) is 0 Å². The largest absolute Gasteiger partial charge is 0.316 e. The number of ketones is 1. The maximum Gasteiger partial charge on any atom is 0.188 e. The zero-order chi connectivity index (χ0) is 13.3. The highest BCUT2D eigenvalue weighted by atomic mass is 16.1. The van der Waals surface area contributed by atoms with Gasteiger partial charge >= 0.3 is 0 Å². The Kier molecular flexibility index (Phi) is 2.95. The maximum atomic E-state index is 12.7. The van der Waals surface area contributed by atoms with Gasteiger partial charge in [-0.1, -0.05) is 25.1 Å². The summed E-state index contributed by atoms with van der Waals surface area (Å²) in [4.78, 5) is 12.7. The average Bonchev–Trinajstić information content (AvgIpc) is 3.08. The first-order valence-electron chi connectivity index (χ1n) is 6.56. The van der Waals surface area contributed by atoms with E-state index in [2.05, 4.69) is 10.4 Å². The molecule has 4 heteroatoms. The zero-order valence-corrected chi connectivity index (χ0v) is 11.0. The van der Waals surface area contributed by atoms with Gasteiger partial charge in [-0.3, -0.25) is 4.79 Å². The Morgan fingerprint density at radius 1 is 1.32 bits per heavy atom. The van der Waals surface area contributed by atoms with Crippen LogP contribution in [0.25, 0.3) is 5.69 Å². The minimum atomic E-state index is -0.313. The van der Waals surface area contributed by atoms with Crippen LogP contribution in [0.15, 0.2) is 42.6 Å². The minimum absolute atomic E-state index is 0.166. The fourth-order valence-corrected chi connectivity index (χ4v) is 2.57. The molecule has 0 radical (unpaired) electrons. The molecule has 98 valence electrons. The van der Waals surface area contributed by atoms with Crippen molar-refractivity contribution in [3.8, 4) is 5.69 Å². The summed E-state index contributed by atoms with van der Waals surface area (Å²) in [5, 5.41) is 7.55. The topological polar surface area (TPSA) is 46.9 Å². The van der Waals surface area contributed by atoms with Crippen LogP contribution in [-0.4, -0.2) is 28.7 Å². The van der Waals surface area contributed by atoms with Crippen molar-refractivity contribution in [2.75, 3.05) is 13.1 Å². The number of nitrogens with one attached hydrogen (secondary N) is 1. The van der Waals surface area contributed by atoms with E-state index < -0.39 is 0 Å². The van der Waals surface area contributed by atoms with Gasteiger partial charge in [0.1, 0.15) is 5.69 Å². The number of nitrogens with zero attached hydrogens (tertiary/aromatic N) is 2. The van der Waals surface area contributed by atoms with Crippen molar-refractivity contribution in [3.05, 3.63) is 48.3 Å². The molecular weight excluding hydrogens is 238 g/mol. The lowest BCUT2D eigenvalue weighted by Crippen LogP contribution is -2.31. The number of rotatable bonds is 3. The molecule has 0 spiro atoms. The lowest BCUT2D eigenvalue weighted by molar-refractivity contribution is 0.0831. The summed E-state index contributed by atoms with van der Waals surface area (Å²) in [7, 11) is 0. The van der Waals surface area contributed by atoms with E-state index in [1.54, 1.807) is 16.9 Å². The van der Waals surface area contributed by atoms with Crippen LogP contribution in [0, 0.1) is 5.41 Å². The Labute approximate surface area is 112 Å². The minimum Gasteiger partial charge on any atom is -0.316 e. The molecular formula is C15H17N3O. The second-order valence-corrected chi connectivity index (χ2v) is 5.28. The molecule has 3 rings (SSSR count). The highest BCUT2D eigenvalue weighted by Crippen LogP contribution is 2.29. The number of carbonyl (C=O) groups is 1. The SMILES string of the molecule is CC1(C(=O)c2ccnn2-c2ccccc2)CCNC1. The molecule has 0 aliphatic carbocycles. The van der Waals surface area contributed by atoms with Crippen LogP contribution < -0.4 is 5.32 Å². The molecule has 4 nitrogen and oxygen atoms in total.